The Labute approximate surface area is 170 Å². The summed E-state index contributed by atoms with van der Waals surface area (Å²) in [5.74, 6) is 0. The van der Waals surface area contributed by atoms with E-state index in [1.165, 1.54) is 11.8 Å². The molecule has 1 aliphatic rings. The summed E-state index contributed by atoms with van der Waals surface area (Å²) in [4.78, 5) is 0.304. The SMILES string of the molecule is CSC1=Cc2ccccc2[C@H](c2ccccc2)N1S(=O)(=O)c1ccc(C)cc1. The quantitative estimate of drug-likeness (QED) is 0.577. The van der Waals surface area contributed by atoms with E-state index in [0.717, 1.165) is 22.3 Å². The van der Waals surface area contributed by atoms with Crippen molar-refractivity contribution in [1.29, 1.82) is 0 Å². The summed E-state index contributed by atoms with van der Waals surface area (Å²) in [6, 6.07) is 24.5. The highest BCUT2D eigenvalue weighted by Crippen LogP contribution is 2.44. The highest BCUT2D eigenvalue weighted by molar-refractivity contribution is 8.03. The van der Waals surface area contributed by atoms with Gasteiger partial charge in [0.15, 0.2) is 0 Å². The zero-order chi connectivity index (χ0) is 19.7. The van der Waals surface area contributed by atoms with Crippen LogP contribution in [0.2, 0.25) is 0 Å². The van der Waals surface area contributed by atoms with E-state index in [9.17, 15) is 8.42 Å². The van der Waals surface area contributed by atoms with Gasteiger partial charge in [-0.1, -0.05) is 72.3 Å². The molecule has 0 aromatic heterocycles. The maximum atomic E-state index is 13.7. The predicted octanol–water partition coefficient (Wildman–Crippen LogP) is 5.45. The second-order valence-electron chi connectivity index (χ2n) is 6.74. The van der Waals surface area contributed by atoms with Gasteiger partial charge < -0.3 is 0 Å². The molecule has 0 spiro atoms. The summed E-state index contributed by atoms with van der Waals surface area (Å²) in [6.45, 7) is 1.95. The fraction of sp³-hybridized carbons (Fsp3) is 0.130. The van der Waals surface area contributed by atoms with Gasteiger partial charge in [0.25, 0.3) is 10.0 Å². The van der Waals surface area contributed by atoms with Crippen molar-refractivity contribution in [2.45, 2.75) is 17.9 Å². The van der Waals surface area contributed by atoms with Gasteiger partial charge >= 0.3 is 0 Å². The molecule has 28 heavy (non-hydrogen) atoms. The Balaban J connectivity index is 1.96. The standard InChI is InChI=1S/C23H21NO2S2/c1-17-12-14-20(15-13-17)28(25,26)24-22(27-2)16-19-10-6-7-11-21(19)23(24)18-8-4-3-5-9-18/h3-16,23H,1-2H3/t23-/m0/s1. The van der Waals surface area contributed by atoms with Gasteiger partial charge in [0.05, 0.1) is 16.0 Å². The van der Waals surface area contributed by atoms with Crippen LogP contribution in [0.25, 0.3) is 6.08 Å². The van der Waals surface area contributed by atoms with Gasteiger partial charge in [-0.15, -0.1) is 11.8 Å². The summed E-state index contributed by atoms with van der Waals surface area (Å²) in [5, 5.41) is 0.716. The molecule has 3 aromatic carbocycles. The van der Waals surface area contributed by atoms with Crippen molar-refractivity contribution in [3.05, 3.63) is 106 Å². The fourth-order valence-corrected chi connectivity index (χ4v) is 6.08. The molecule has 0 bridgehead atoms. The predicted molar refractivity (Wildman–Crippen MR) is 116 cm³/mol. The number of nitrogens with zero attached hydrogens (tertiary/aromatic N) is 1. The number of thioether (sulfide) groups is 1. The number of fused-ring (bicyclic) bond motifs is 1. The van der Waals surface area contributed by atoms with E-state index >= 15 is 0 Å². The Bertz CT molecular complexity index is 1120. The van der Waals surface area contributed by atoms with Crippen molar-refractivity contribution in [2.24, 2.45) is 0 Å². The third kappa shape index (κ3) is 3.25. The molecule has 1 heterocycles. The molecule has 1 atom stereocenters. The van der Waals surface area contributed by atoms with Crippen LogP contribution in [0.1, 0.15) is 28.3 Å². The van der Waals surface area contributed by atoms with Crippen LogP contribution < -0.4 is 0 Å². The Morgan fingerprint density at radius 1 is 0.857 bits per heavy atom. The Hall–Kier alpha value is -2.50. The van der Waals surface area contributed by atoms with Crippen LogP contribution in [0.3, 0.4) is 0 Å². The summed E-state index contributed by atoms with van der Waals surface area (Å²) < 4.78 is 29.0. The van der Waals surface area contributed by atoms with Crippen LogP contribution in [-0.2, 0) is 10.0 Å². The summed E-state index contributed by atoms with van der Waals surface area (Å²) in [5.41, 5.74) is 4.02. The highest BCUT2D eigenvalue weighted by Gasteiger charge is 2.38. The van der Waals surface area contributed by atoms with Gasteiger partial charge in [-0.25, -0.2) is 12.7 Å². The van der Waals surface area contributed by atoms with E-state index < -0.39 is 16.1 Å². The maximum Gasteiger partial charge on any atom is 0.265 e. The smallest absolute Gasteiger partial charge is 0.248 e. The van der Waals surface area contributed by atoms with E-state index in [2.05, 4.69) is 0 Å². The molecule has 3 nitrogen and oxygen atoms in total. The van der Waals surface area contributed by atoms with Crippen molar-refractivity contribution in [2.75, 3.05) is 6.26 Å². The number of aryl methyl sites for hydroxylation is 1. The molecule has 0 saturated heterocycles. The van der Waals surface area contributed by atoms with E-state index in [4.69, 9.17) is 0 Å². The molecule has 0 unspecified atom stereocenters. The molecule has 1 aliphatic heterocycles. The van der Waals surface area contributed by atoms with Crippen LogP contribution in [-0.4, -0.2) is 19.0 Å². The van der Waals surface area contributed by atoms with Crippen LogP contribution >= 0.6 is 11.8 Å². The Kier molecular flexibility index (Phi) is 5.04. The lowest BCUT2D eigenvalue weighted by Gasteiger charge is -2.38. The Morgan fingerprint density at radius 2 is 1.50 bits per heavy atom. The van der Waals surface area contributed by atoms with Crippen molar-refractivity contribution >= 4 is 27.9 Å². The average molecular weight is 408 g/mol. The highest BCUT2D eigenvalue weighted by atomic mass is 32.2. The summed E-state index contributed by atoms with van der Waals surface area (Å²) in [6.07, 6.45) is 3.88. The minimum atomic E-state index is -3.74. The molecule has 0 saturated carbocycles. The molecule has 0 N–H and O–H groups in total. The van der Waals surface area contributed by atoms with E-state index in [-0.39, 0.29) is 0 Å². The topological polar surface area (TPSA) is 37.4 Å². The van der Waals surface area contributed by atoms with E-state index in [0.29, 0.717) is 9.92 Å². The molecule has 0 aliphatic carbocycles. The molecule has 142 valence electrons. The van der Waals surface area contributed by atoms with Gasteiger partial charge in [0, 0.05) is 0 Å². The normalized spacial score (nSPS) is 16.4. The third-order valence-corrected chi connectivity index (χ3v) is 7.57. The molecular weight excluding hydrogens is 386 g/mol. The number of rotatable bonds is 4. The van der Waals surface area contributed by atoms with Crippen molar-refractivity contribution in [3.8, 4) is 0 Å². The largest absolute Gasteiger partial charge is 0.265 e. The monoisotopic (exact) mass is 407 g/mol. The lowest BCUT2D eigenvalue weighted by molar-refractivity contribution is 0.440. The van der Waals surface area contributed by atoms with Crippen molar-refractivity contribution in [1.82, 2.24) is 4.31 Å². The number of hydrogen-bond acceptors (Lipinski definition) is 3. The van der Waals surface area contributed by atoms with E-state index in [1.54, 1.807) is 16.4 Å². The molecule has 3 aromatic rings. The van der Waals surface area contributed by atoms with Gasteiger partial charge in [0.1, 0.15) is 0 Å². The zero-order valence-corrected chi connectivity index (χ0v) is 17.4. The summed E-state index contributed by atoms with van der Waals surface area (Å²) in [7, 11) is -3.74. The van der Waals surface area contributed by atoms with Crippen molar-refractivity contribution < 1.29 is 8.42 Å². The number of hydrogen-bond donors (Lipinski definition) is 0. The summed E-state index contributed by atoms with van der Waals surface area (Å²) >= 11 is 1.45. The van der Waals surface area contributed by atoms with Gasteiger partial charge in [0.2, 0.25) is 0 Å². The first-order valence-corrected chi connectivity index (χ1v) is 11.7. The van der Waals surface area contributed by atoms with Crippen LogP contribution in [0.15, 0.2) is 88.8 Å². The molecule has 0 fully saturated rings. The number of benzene rings is 3. The molecule has 5 heteroatoms. The maximum absolute atomic E-state index is 13.7. The first-order valence-electron chi connectivity index (χ1n) is 9.03. The second-order valence-corrected chi connectivity index (χ2v) is 9.38. The first kappa shape index (κ1) is 18.8. The van der Waals surface area contributed by atoms with Crippen LogP contribution in [0.4, 0.5) is 0 Å². The van der Waals surface area contributed by atoms with Crippen molar-refractivity contribution in [3.63, 3.8) is 0 Å². The molecular formula is C23H21NO2S2. The number of sulfonamides is 1. The van der Waals surface area contributed by atoms with Crippen LogP contribution in [0, 0.1) is 6.92 Å². The van der Waals surface area contributed by atoms with E-state index in [1.807, 2.05) is 86.0 Å². The minimum Gasteiger partial charge on any atom is -0.248 e. The minimum absolute atomic E-state index is 0.304. The zero-order valence-electron chi connectivity index (χ0n) is 15.7. The average Bonchev–Trinajstić information content (AvgIpc) is 2.73. The first-order chi connectivity index (χ1) is 13.5. The Morgan fingerprint density at radius 3 is 2.18 bits per heavy atom. The molecule has 0 radical (unpaired) electrons. The molecule has 0 amide bonds. The second kappa shape index (κ2) is 7.49. The lowest BCUT2D eigenvalue weighted by Crippen LogP contribution is -2.36. The van der Waals surface area contributed by atoms with Gasteiger partial charge in [-0.3, -0.25) is 0 Å². The van der Waals surface area contributed by atoms with Gasteiger partial charge in [-0.2, -0.15) is 0 Å². The van der Waals surface area contributed by atoms with Crippen LogP contribution in [0.5, 0.6) is 0 Å². The fourth-order valence-electron chi connectivity index (χ4n) is 3.52. The van der Waals surface area contributed by atoms with Gasteiger partial charge in [-0.05, 0) is 48.1 Å². The molecule has 4 rings (SSSR count). The lowest BCUT2D eigenvalue weighted by atomic mass is 9.92. The third-order valence-electron chi connectivity index (χ3n) is 4.92.